The molecule has 15 heavy (non-hydrogen) atoms. The molecule has 0 aliphatic rings. The van der Waals surface area contributed by atoms with Gasteiger partial charge in [-0.15, -0.1) is 12.6 Å². The summed E-state index contributed by atoms with van der Waals surface area (Å²) < 4.78 is 0.461. The number of thiocarbonyl (C=S) groups is 1. The molecule has 1 atom stereocenters. The maximum absolute atomic E-state index is 10.3. The van der Waals surface area contributed by atoms with E-state index in [1.807, 2.05) is 0 Å². The van der Waals surface area contributed by atoms with Gasteiger partial charge in [0, 0.05) is 6.54 Å². The summed E-state index contributed by atoms with van der Waals surface area (Å²) >= 11 is 8.55. The van der Waals surface area contributed by atoms with E-state index in [0.717, 1.165) is 12.8 Å². The van der Waals surface area contributed by atoms with Crippen molar-refractivity contribution < 1.29 is 58.9 Å². The van der Waals surface area contributed by atoms with Gasteiger partial charge in [0.15, 0.2) is 0 Å². The second kappa shape index (κ2) is 13.4. The fourth-order valence-electron chi connectivity index (χ4n) is 0.808. The number of rotatable bonds is 6. The minimum Gasteiger partial charge on any atom is -0.480 e. The number of thiol groups is 1. The van der Waals surface area contributed by atoms with E-state index in [4.69, 9.17) is 10.8 Å². The van der Waals surface area contributed by atoms with Crippen molar-refractivity contribution in [3.8, 4) is 0 Å². The van der Waals surface area contributed by atoms with Gasteiger partial charge >= 0.3 is 55.0 Å². The van der Waals surface area contributed by atoms with Gasteiger partial charge in [0.25, 0.3) is 0 Å². The van der Waals surface area contributed by atoms with Crippen LogP contribution in [0.3, 0.4) is 0 Å². The van der Waals surface area contributed by atoms with E-state index in [-0.39, 0.29) is 49.0 Å². The summed E-state index contributed by atoms with van der Waals surface area (Å²) in [7, 11) is 0. The summed E-state index contributed by atoms with van der Waals surface area (Å²) in [6.07, 6.45) is 2.12. The normalized spacial score (nSPS) is 10.5. The van der Waals surface area contributed by atoms with Gasteiger partial charge in [0.1, 0.15) is 10.4 Å². The van der Waals surface area contributed by atoms with Crippen LogP contribution in [0.15, 0.2) is 0 Å². The maximum Gasteiger partial charge on any atom is 2.00 e. The van der Waals surface area contributed by atoms with Crippen molar-refractivity contribution in [3.05, 3.63) is 0 Å². The average molecular weight is 311 g/mol. The number of unbranched alkanes of at least 4 members (excludes halogenated alkanes) is 1. The first kappa shape index (κ1) is 21.6. The first-order valence-electron chi connectivity index (χ1n) is 3.99. The Morgan fingerprint density at radius 3 is 2.47 bits per heavy atom. The summed E-state index contributed by atoms with van der Waals surface area (Å²) in [4.78, 5) is 10.3. The first-order chi connectivity index (χ1) is 6.04. The van der Waals surface area contributed by atoms with Crippen molar-refractivity contribution in [1.29, 1.82) is 0 Å². The molecular formula is C7H14N2NaO2S2Zn+3. The summed E-state index contributed by atoms with van der Waals surface area (Å²) in [5, 5.41) is 11.3. The van der Waals surface area contributed by atoms with E-state index < -0.39 is 12.0 Å². The van der Waals surface area contributed by atoms with E-state index in [2.05, 4.69) is 30.2 Å². The molecule has 0 saturated carbocycles. The molecule has 0 aromatic heterocycles. The summed E-state index contributed by atoms with van der Waals surface area (Å²) in [5.41, 5.74) is 5.30. The monoisotopic (exact) mass is 309 g/mol. The fraction of sp³-hybridized carbons (Fsp3) is 0.714. The van der Waals surface area contributed by atoms with Crippen molar-refractivity contribution in [2.75, 3.05) is 6.54 Å². The predicted molar refractivity (Wildman–Crippen MR) is 59.0 cm³/mol. The summed E-state index contributed by atoms with van der Waals surface area (Å²) in [5.74, 6) is -0.947. The molecule has 0 amide bonds. The van der Waals surface area contributed by atoms with E-state index in [9.17, 15) is 4.79 Å². The standard InChI is InChI=1S/C7H14N2O2S2.Na.Zn/c8-5(6(10)11)3-1-2-4-9-7(12)13;;/h5H,1-4,8H2,(H,10,11)(H2,9,12,13);;/q;+1;+2. The molecule has 4 N–H and O–H groups in total. The zero-order valence-electron chi connectivity index (χ0n) is 8.90. The van der Waals surface area contributed by atoms with Crippen molar-refractivity contribution in [1.82, 2.24) is 5.32 Å². The van der Waals surface area contributed by atoms with Gasteiger partial charge in [-0.3, -0.25) is 4.79 Å². The molecule has 4 nitrogen and oxygen atoms in total. The van der Waals surface area contributed by atoms with Crippen LogP contribution in [-0.4, -0.2) is 28.0 Å². The molecule has 0 aliphatic carbocycles. The van der Waals surface area contributed by atoms with Crippen molar-refractivity contribution in [3.63, 3.8) is 0 Å². The Morgan fingerprint density at radius 1 is 1.53 bits per heavy atom. The molecular weight excluding hydrogens is 297 g/mol. The zero-order valence-corrected chi connectivity index (χ0v) is 15.6. The smallest absolute Gasteiger partial charge is 0.480 e. The molecule has 0 aromatic carbocycles. The maximum atomic E-state index is 10.3. The van der Waals surface area contributed by atoms with Gasteiger partial charge in [-0.1, -0.05) is 12.2 Å². The second-order valence-corrected chi connectivity index (χ2v) is 3.83. The zero-order chi connectivity index (χ0) is 10.3. The number of hydrogen-bond donors (Lipinski definition) is 4. The van der Waals surface area contributed by atoms with Gasteiger partial charge in [-0.25, -0.2) is 0 Å². The van der Waals surface area contributed by atoms with Crippen LogP contribution in [-0.2, 0) is 24.3 Å². The Bertz CT molecular complexity index is 198. The molecule has 8 heteroatoms. The Kier molecular flexibility index (Phi) is 19.2. The second-order valence-electron chi connectivity index (χ2n) is 2.67. The van der Waals surface area contributed by atoms with E-state index in [1.165, 1.54) is 0 Å². The minimum absolute atomic E-state index is 0. The summed E-state index contributed by atoms with van der Waals surface area (Å²) in [6, 6.07) is -0.747. The molecule has 0 bridgehead atoms. The number of nitrogens with two attached hydrogens (primary N) is 1. The van der Waals surface area contributed by atoms with Gasteiger partial charge < -0.3 is 16.2 Å². The number of hydrogen-bond acceptors (Lipinski definition) is 3. The molecule has 0 spiro atoms. The third kappa shape index (κ3) is 15.3. The molecule has 1 unspecified atom stereocenters. The van der Waals surface area contributed by atoms with E-state index >= 15 is 0 Å². The molecule has 0 heterocycles. The Hall–Kier alpha value is 1.29. The Labute approximate surface area is 136 Å². The quantitative estimate of drug-likeness (QED) is 0.187. The van der Waals surface area contributed by atoms with Crippen LogP contribution in [0.1, 0.15) is 19.3 Å². The molecule has 0 fully saturated rings. The van der Waals surface area contributed by atoms with Crippen LogP contribution >= 0.6 is 24.8 Å². The van der Waals surface area contributed by atoms with Crippen molar-refractivity contribution >= 4 is 35.1 Å². The summed E-state index contributed by atoms with van der Waals surface area (Å²) in [6.45, 7) is 0.717. The molecule has 0 aromatic rings. The van der Waals surface area contributed by atoms with Crippen LogP contribution in [0.2, 0.25) is 0 Å². The number of carbonyl (C=O) groups is 1. The fourth-order valence-corrected chi connectivity index (χ4v) is 1.02. The molecule has 0 aliphatic heterocycles. The minimum atomic E-state index is -0.947. The van der Waals surface area contributed by atoms with Gasteiger partial charge in [0.2, 0.25) is 0 Å². The van der Waals surface area contributed by atoms with Crippen LogP contribution < -0.4 is 40.6 Å². The largest absolute Gasteiger partial charge is 2.00 e. The topological polar surface area (TPSA) is 75.3 Å². The first-order valence-corrected chi connectivity index (χ1v) is 4.84. The number of carboxylic acids is 1. The van der Waals surface area contributed by atoms with E-state index in [0.29, 0.717) is 17.3 Å². The van der Waals surface area contributed by atoms with Gasteiger partial charge in [0.05, 0.1) is 0 Å². The van der Waals surface area contributed by atoms with Crippen LogP contribution in [0, 0.1) is 0 Å². The van der Waals surface area contributed by atoms with Crippen molar-refractivity contribution in [2.45, 2.75) is 25.3 Å². The van der Waals surface area contributed by atoms with Gasteiger partial charge in [-0.2, -0.15) is 0 Å². The third-order valence-corrected chi connectivity index (χ3v) is 1.84. The molecule has 0 rings (SSSR count). The Morgan fingerprint density at radius 2 is 2.07 bits per heavy atom. The average Bonchev–Trinajstić information content (AvgIpc) is 2.02. The van der Waals surface area contributed by atoms with Crippen molar-refractivity contribution in [2.24, 2.45) is 5.73 Å². The number of carboxylic acid groups (broad SMARTS) is 1. The van der Waals surface area contributed by atoms with E-state index in [1.54, 1.807) is 0 Å². The van der Waals surface area contributed by atoms with Crippen LogP contribution in [0.5, 0.6) is 0 Å². The van der Waals surface area contributed by atoms with Crippen LogP contribution in [0.4, 0.5) is 0 Å². The number of nitrogens with one attached hydrogen (secondary N) is 1. The molecule has 76 valence electrons. The Balaban J connectivity index is -0.000000720. The third-order valence-electron chi connectivity index (χ3n) is 1.54. The molecule has 0 saturated heterocycles. The SMILES string of the molecule is NC(CCCCNC(=S)S)C(=O)O.[Na+].[Zn+2]. The van der Waals surface area contributed by atoms with Gasteiger partial charge in [-0.05, 0) is 19.3 Å². The predicted octanol–water partition coefficient (Wildman–Crippen LogP) is -2.63. The van der Waals surface area contributed by atoms with Crippen LogP contribution in [0.25, 0.3) is 0 Å². The molecule has 0 radical (unpaired) electrons. The number of aliphatic carboxylic acids is 1.